The van der Waals surface area contributed by atoms with Gasteiger partial charge >= 0.3 is 0 Å². The van der Waals surface area contributed by atoms with Crippen LogP contribution in [-0.4, -0.2) is 89.4 Å². The highest BCUT2D eigenvalue weighted by atomic mass is 19.3. The first-order valence-electron chi connectivity index (χ1n) is 13.4. The molecule has 0 atom stereocenters. The van der Waals surface area contributed by atoms with Crippen molar-refractivity contribution < 1.29 is 23.0 Å². The smallest absolute Gasteiger partial charge is 0.296 e. The molecule has 2 aromatic heterocycles. The molecule has 39 heavy (non-hydrogen) atoms. The Kier molecular flexibility index (Phi) is 8.22. The first kappa shape index (κ1) is 27.2. The molecular formula is C27H35F2N7O3. The molecule has 3 heterocycles. The van der Waals surface area contributed by atoms with E-state index >= 15 is 0 Å². The van der Waals surface area contributed by atoms with E-state index in [4.69, 9.17) is 14.5 Å². The van der Waals surface area contributed by atoms with E-state index in [0.717, 1.165) is 31.2 Å². The number of likely N-dealkylation sites (N-methyl/N-ethyl adjacent to an activating group) is 1. The number of amides is 1. The van der Waals surface area contributed by atoms with Crippen LogP contribution in [0.3, 0.4) is 0 Å². The zero-order valence-electron chi connectivity index (χ0n) is 22.6. The number of aromatic nitrogens is 4. The van der Waals surface area contributed by atoms with Gasteiger partial charge < -0.3 is 24.6 Å². The lowest BCUT2D eigenvalue weighted by Gasteiger charge is -2.30. The number of carbonyl (C=O) groups excluding carboxylic acids is 1. The highest BCUT2D eigenvalue weighted by Crippen LogP contribution is 2.31. The molecule has 210 valence electrons. The number of ether oxygens (including phenoxy) is 2. The van der Waals surface area contributed by atoms with Crippen molar-refractivity contribution in [1.82, 2.24) is 29.7 Å². The summed E-state index contributed by atoms with van der Waals surface area (Å²) in [6, 6.07) is 7.14. The molecule has 0 bridgehead atoms. The highest BCUT2D eigenvalue weighted by Gasteiger charge is 2.27. The summed E-state index contributed by atoms with van der Waals surface area (Å²) in [7, 11) is 3.73. The molecule has 3 aromatic rings. The summed E-state index contributed by atoms with van der Waals surface area (Å²) < 4.78 is 41.5. The molecule has 1 aliphatic carbocycles. The number of halogens is 2. The maximum absolute atomic E-state index is 14.2. The van der Waals surface area contributed by atoms with E-state index in [1.54, 1.807) is 12.1 Å². The van der Waals surface area contributed by atoms with Crippen LogP contribution in [0.5, 0.6) is 5.88 Å². The lowest BCUT2D eigenvalue weighted by atomic mass is 9.93. The average Bonchev–Trinajstić information content (AvgIpc) is 3.29. The summed E-state index contributed by atoms with van der Waals surface area (Å²) in [5.41, 5.74) is 1.95. The fourth-order valence-corrected chi connectivity index (χ4v) is 5.13. The number of imidazole rings is 1. The maximum atomic E-state index is 14.2. The van der Waals surface area contributed by atoms with Crippen LogP contribution in [0.25, 0.3) is 16.9 Å². The summed E-state index contributed by atoms with van der Waals surface area (Å²) >= 11 is 0. The number of hydrogen-bond donors (Lipinski definition) is 1. The number of morpholine rings is 1. The molecule has 0 radical (unpaired) electrons. The van der Waals surface area contributed by atoms with Crippen LogP contribution in [0.4, 0.5) is 14.7 Å². The van der Waals surface area contributed by atoms with Crippen molar-refractivity contribution in [3.8, 4) is 11.7 Å². The van der Waals surface area contributed by atoms with Gasteiger partial charge in [0.2, 0.25) is 17.7 Å². The molecule has 5 rings (SSSR count). The molecule has 2 fully saturated rings. The average molecular weight is 544 g/mol. The standard InChI is InChI=1S/C27H35F2N7O3/c1-17-4-9-20-21(14-17)36(26(31-20)25(28)29)22-15-24(33-27(32-22)35-10-12-38-13-11-35)39-19-7-5-18(6-8-19)30-23(37)16-34(2)3/h4,9,14-15,18-19,25H,5-8,10-13,16H2,1-3H3,(H,30,37)/t18-,19-. The van der Waals surface area contributed by atoms with Gasteiger partial charge in [-0.1, -0.05) is 6.07 Å². The van der Waals surface area contributed by atoms with Gasteiger partial charge in [0.1, 0.15) is 11.9 Å². The van der Waals surface area contributed by atoms with Crippen molar-refractivity contribution in [3.05, 3.63) is 35.7 Å². The zero-order chi connectivity index (χ0) is 27.5. The van der Waals surface area contributed by atoms with Gasteiger partial charge in [-0.25, -0.2) is 13.8 Å². The Morgan fingerprint density at radius 3 is 2.56 bits per heavy atom. The van der Waals surface area contributed by atoms with E-state index in [9.17, 15) is 13.6 Å². The van der Waals surface area contributed by atoms with E-state index in [1.165, 1.54) is 4.57 Å². The van der Waals surface area contributed by atoms with Crippen molar-refractivity contribution in [2.75, 3.05) is 51.8 Å². The molecule has 1 N–H and O–H groups in total. The third kappa shape index (κ3) is 6.44. The van der Waals surface area contributed by atoms with Gasteiger partial charge in [-0.15, -0.1) is 0 Å². The lowest BCUT2D eigenvalue weighted by Crippen LogP contribution is -2.43. The van der Waals surface area contributed by atoms with Crippen LogP contribution in [0, 0.1) is 6.92 Å². The number of nitrogens with one attached hydrogen (secondary N) is 1. The SMILES string of the molecule is Cc1ccc2nc(C(F)F)n(-c3cc(O[C@H]4CC[C@H](NC(=O)CN(C)C)CC4)nc(N4CCOCC4)n3)c2c1. The number of fused-ring (bicyclic) bond motifs is 1. The molecule has 2 aliphatic rings. The molecule has 1 saturated carbocycles. The lowest BCUT2D eigenvalue weighted by molar-refractivity contribution is -0.122. The van der Waals surface area contributed by atoms with Crippen molar-refractivity contribution >= 4 is 22.9 Å². The molecule has 1 amide bonds. The number of hydrogen-bond acceptors (Lipinski definition) is 8. The minimum absolute atomic E-state index is 0.0117. The summed E-state index contributed by atoms with van der Waals surface area (Å²) in [6.07, 6.45) is 0.173. The number of alkyl halides is 2. The summed E-state index contributed by atoms with van der Waals surface area (Å²) in [6.45, 7) is 4.50. The van der Waals surface area contributed by atoms with Crippen molar-refractivity contribution in [2.45, 2.75) is 51.2 Å². The first-order chi connectivity index (χ1) is 18.8. The third-order valence-corrected chi connectivity index (χ3v) is 7.02. The minimum atomic E-state index is -2.79. The second-order valence-electron chi connectivity index (χ2n) is 10.5. The first-order valence-corrected chi connectivity index (χ1v) is 13.4. The number of rotatable bonds is 8. The van der Waals surface area contributed by atoms with Crippen LogP contribution < -0.4 is 15.0 Å². The fraction of sp³-hybridized carbons (Fsp3) is 0.556. The second-order valence-corrected chi connectivity index (χ2v) is 10.5. The highest BCUT2D eigenvalue weighted by molar-refractivity contribution is 5.79. The largest absolute Gasteiger partial charge is 0.474 e. The van der Waals surface area contributed by atoms with E-state index in [1.807, 2.05) is 43.0 Å². The van der Waals surface area contributed by atoms with Crippen LogP contribution in [-0.2, 0) is 9.53 Å². The monoisotopic (exact) mass is 543 g/mol. The summed E-state index contributed by atoms with van der Waals surface area (Å²) in [4.78, 5) is 29.5. The van der Waals surface area contributed by atoms with Crippen molar-refractivity contribution in [1.29, 1.82) is 0 Å². The number of anilines is 1. The Hall–Kier alpha value is -3.38. The summed E-state index contributed by atoms with van der Waals surface area (Å²) in [5.74, 6) is 0.663. The van der Waals surface area contributed by atoms with Gasteiger partial charge in [0.15, 0.2) is 5.82 Å². The Bertz CT molecular complexity index is 1300. The van der Waals surface area contributed by atoms with E-state index < -0.39 is 6.43 Å². The Labute approximate surface area is 226 Å². The van der Waals surface area contributed by atoms with Gasteiger partial charge in [-0.2, -0.15) is 9.97 Å². The number of benzene rings is 1. The maximum Gasteiger partial charge on any atom is 0.296 e. The van der Waals surface area contributed by atoms with Gasteiger partial charge in [-0.05, 0) is 64.4 Å². The molecule has 0 spiro atoms. The molecule has 10 nitrogen and oxygen atoms in total. The van der Waals surface area contributed by atoms with E-state index in [0.29, 0.717) is 55.7 Å². The van der Waals surface area contributed by atoms with Gasteiger partial charge in [0, 0.05) is 25.2 Å². The van der Waals surface area contributed by atoms with Crippen molar-refractivity contribution in [3.63, 3.8) is 0 Å². The predicted octanol–water partition coefficient (Wildman–Crippen LogP) is 3.27. The number of aryl methyl sites for hydroxylation is 1. The molecule has 1 aliphatic heterocycles. The Balaban J connectivity index is 1.42. The van der Waals surface area contributed by atoms with Crippen LogP contribution in [0.15, 0.2) is 24.3 Å². The van der Waals surface area contributed by atoms with Crippen LogP contribution in [0.2, 0.25) is 0 Å². The van der Waals surface area contributed by atoms with E-state index in [2.05, 4.69) is 15.3 Å². The Morgan fingerprint density at radius 1 is 1.13 bits per heavy atom. The quantitative estimate of drug-likeness (QED) is 0.463. The van der Waals surface area contributed by atoms with E-state index in [-0.39, 0.29) is 29.7 Å². The molecular weight excluding hydrogens is 508 g/mol. The van der Waals surface area contributed by atoms with Crippen molar-refractivity contribution in [2.24, 2.45) is 0 Å². The Morgan fingerprint density at radius 2 is 1.87 bits per heavy atom. The normalized spacial score (nSPS) is 20.1. The molecule has 12 heteroatoms. The fourth-order valence-electron chi connectivity index (χ4n) is 5.13. The number of nitrogens with zero attached hydrogens (tertiary/aromatic N) is 6. The molecule has 1 aromatic carbocycles. The van der Waals surface area contributed by atoms with Gasteiger partial charge in [0.05, 0.1) is 30.8 Å². The second kappa shape index (κ2) is 11.8. The topological polar surface area (TPSA) is 97.6 Å². The molecule has 1 saturated heterocycles. The predicted molar refractivity (Wildman–Crippen MR) is 143 cm³/mol. The van der Waals surface area contributed by atoms with Gasteiger partial charge in [0.25, 0.3) is 6.43 Å². The van der Waals surface area contributed by atoms with Crippen LogP contribution in [0.1, 0.15) is 43.5 Å². The summed E-state index contributed by atoms with van der Waals surface area (Å²) in [5, 5.41) is 3.09. The van der Waals surface area contributed by atoms with Gasteiger partial charge in [-0.3, -0.25) is 9.36 Å². The van der Waals surface area contributed by atoms with Crippen LogP contribution >= 0.6 is 0 Å². The molecule has 0 unspecified atom stereocenters. The third-order valence-electron chi connectivity index (χ3n) is 7.02. The minimum Gasteiger partial charge on any atom is -0.474 e. The zero-order valence-corrected chi connectivity index (χ0v) is 22.6. The number of carbonyl (C=O) groups is 1.